The van der Waals surface area contributed by atoms with Gasteiger partial charge in [-0.1, -0.05) is 12.7 Å². The number of hydrogen-bond donors (Lipinski definition) is 1. The SMILES string of the molecule is C=CCOc1ccc(C(=O)NCCCC(=O)OC)cc1. The van der Waals surface area contributed by atoms with Crippen LogP contribution in [0.25, 0.3) is 0 Å². The van der Waals surface area contributed by atoms with Crippen LogP contribution < -0.4 is 10.1 Å². The summed E-state index contributed by atoms with van der Waals surface area (Å²) in [5, 5.41) is 2.74. The maximum atomic E-state index is 11.8. The Bertz CT molecular complexity index is 453. The number of carbonyl (C=O) groups is 2. The van der Waals surface area contributed by atoms with Gasteiger partial charge < -0.3 is 14.8 Å². The topological polar surface area (TPSA) is 64.6 Å². The lowest BCUT2D eigenvalue weighted by molar-refractivity contribution is -0.140. The van der Waals surface area contributed by atoms with Crippen LogP contribution in [0.15, 0.2) is 36.9 Å². The molecule has 20 heavy (non-hydrogen) atoms. The smallest absolute Gasteiger partial charge is 0.305 e. The van der Waals surface area contributed by atoms with Crippen molar-refractivity contribution in [1.29, 1.82) is 0 Å². The molecule has 0 saturated heterocycles. The monoisotopic (exact) mass is 277 g/mol. The number of nitrogens with one attached hydrogen (secondary N) is 1. The summed E-state index contributed by atoms with van der Waals surface area (Å²) in [7, 11) is 1.34. The van der Waals surface area contributed by atoms with Crippen molar-refractivity contribution < 1.29 is 19.1 Å². The van der Waals surface area contributed by atoms with Crippen molar-refractivity contribution >= 4 is 11.9 Å². The van der Waals surface area contributed by atoms with Crippen LogP contribution in [0.2, 0.25) is 0 Å². The van der Waals surface area contributed by atoms with Gasteiger partial charge in [0.05, 0.1) is 7.11 Å². The summed E-state index contributed by atoms with van der Waals surface area (Å²) in [6, 6.07) is 6.84. The Balaban J connectivity index is 2.35. The van der Waals surface area contributed by atoms with Crippen molar-refractivity contribution in [2.75, 3.05) is 20.3 Å². The van der Waals surface area contributed by atoms with Crippen molar-refractivity contribution in [3.63, 3.8) is 0 Å². The molecule has 0 saturated carbocycles. The first kappa shape index (κ1) is 15.8. The number of amides is 1. The van der Waals surface area contributed by atoms with Crippen LogP contribution in [-0.2, 0) is 9.53 Å². The van der Waals surface area contributed by atoms with Crippen LogP contribution in [0.4, 0.5) is 0 Å². The molecule has 0 unspecified atom stereocenters. The minimum absolute atomic E-state index is 0.176. The molecular formula is C15H19NO4. The van der Waals surface area contributed by atoms with Gasteiger partial charge in [-0.2, -0.15) is 0 Å². The molecular weight excluding hydrogens is 258 g/mol. The molecule has 1 N–H and O–H groups in total. The van der Waals surface area contributed by atoms with E-state index in [0.29, 0.717) is 37.3 Å². The van der Waals surface area contributed by atoms with Gasteiger partial charge in [0.15, 0.2) is 0 Å². The van der Waals surface area contributed by atoms with Crippen molar-refractivity contribution in [3.05, 3.63) is 42.5 Å². The Morgan fingerprint density at radius 1 is 1.30 bits per heavy atom. The van der Waals surface area contributed by atoms with Crippen LogP contribution in [0.1, 0.15) is 23.2 Å². The molecule has 0 aliphatic rings. The third-order valence-electron chi connectivity index (χ3n) is 2.56. The van der Waals surface area contributed by atoms with Crippen molar-refractivity contribution in [2.45, 2.75) is 12.8 Å². The summed E-state index contributed by atoms with van der Waals surface area (Å²) in [6.07, 6.45) is 2.51. The number of carbonyl (C=O) groups excluding carboxylic acids is 2. The quantitative estimate of drug-likeness (QED) is 0.448. The Morgan fingerprint density at radius 2 is 2.00 bits per heavy atom. The van der Waals surface area contributed by atoms with Crippen molar-refractivity contribution in [1.82, 2.24) is 5.32 Å². The standard InChI is InChI=1S/C15H19NO4/c1-3-11-20-13-8-6-12(7-9-13)15(18)16-10-4-5-14(17)19-2/h3,6-9H,1,4-5,10-11H2,2H3,(H,16,18). The first-order valence-electron chi connectivity index (χ1n) is 6.36. The third kappa shape index (κ3) is 5.56. The zero-order valence-corrected chi connectivity index (χ0v) is 11.6. The largest absolute Gasteiger partial charge is 0.490 e. The van der Waals surface area contributed by atoms with Crippen LogP contribution in [0, 0.1) is 0 Å². The minimum atomic E-state index is -0.275. The Hall–Kier alpha value is -2.30. The Labute approximate surface area is 118 Å². The summed E-state index contributed by atoms with van der Waals surface area (Å²) >= 11 is 0. The number of benzene rings is 1. The molecule has 1 aromatic carbocycles. The molecule has 1 aromatic rings. The second-order valence-corrected chi connectivity index (χ2v) is 4.06. The molecule has 0 aliphatic carbocycles. The zero-order chi connectivity index (χ0) is 14.8. The Kier molecular flexibility index (Phi) is 6.89. The molecule has 0 radical (unpaired) electrons. The number of rotatable bonds is 8. The number of esters is 1. The predicted molar refractivity (Wildman–Crippen MR) is 75.7 cm³/mol. The van der Waals surface area contributed by atoms with E-state index in [1.54, 1.807) is 30.3 Å². The molecule has 108 valence electrons. The molecule has 5 nitrogen and oxygen atoms in total. The summed E-state index contributed by atoms with van der Waals surface area (Å²) in [5.41, 5.74) is 0.550. The van der Waals surface area contributed by atoms with E-state index in [1.807, 2.05) is 0 Å². The fourth-order valence-corrected chi connectivity index (χ4v) is 1.50. The molecule has 1 amide bonds. The van der Waals surface area contributed by atoms with Crippen LogP contribution in [0.5, 0.6) is 5.75 Å². The van der Waals surface area contributed by atoms with Gasteiger partial charge in [0.2, 0.25) is 0 Å². The average molecular weight is 277 g/mol. The van der Waals surface area contributed by atoms with Gasteiger partial charge in [-0.25, -0.2) is 0 Å². The first-order chi connectivity index (χ1) is 9.67. The minimum Gasteiger partial charge on any atom is -0.490 e. The lowest BCUT2D eigenvalue weighted by atomic mass is 10.2. The van der Waals surface area contributed by atoms with E-state index in [0.717, 1.165) is 0 Å². The number of methoxy groups -OCH3 is 1. The molecule has 0 bridgehead atoms. The third-order valence-corrected chi connectivity index (χ3v) is 2.56. The first-order valence-corrected chi connectivity index (χ1v) is 6.36. The van der Waals surface area contributed by atoms with Gasteiger partial charge in [0.1, 0.15) is 12.4 Å². The van der Waals surface area contributed by atoms with E-state index in [2.05, 4.69) is 16.6 Å². The molecule has 0 aromatic heterocycles. The van der Waals surface area contributed by atoms with E-state index < -0.39 is 0 Å². The maximum Gasteiger partial charge on any atom is 0.305 e. The summed E-state index contributed by atoms with van der Waals surface area (Å²) in [5.74, 6) is 0.236. The molecule has 1 rings (SSSR count). The van der Waals surface area contributed by atoms with Crippen LogP contribution in [-0.4, -0.2) is 32.1 Å². The maximum absolute atomic E-state index is 11.8. The summed E-state index contributed by atoms with van der Waals surface area (Å²) in [4.78, 5) is 22.7. The molecule has 5 heteroatoms. The fraction of sp³-hybridized carbons (Fsp3) is 0.333. The van der Waals surface area contributed by atoms with Gasteiger partial charge in [0, 0.05) is 18.5 Å². The Morgan fingerprint density at radius 3 is 2.60 bits per heavy atom. The molecule has 0 spiro atoms. The summed E-state index contributed by atoms with van der Waals surface area (Å²) < 4.78 is 9.84. The van der Waals surface area contributed by atoms with Crippen molar-refractivity contribution in [2.24, 2.45) is 0 Å². The highest BCUT2D eigenvalue weighted by atomic mass is 16.5. The summed E-state index contributed by atoms with van der Waals surface area (Å²) in [6.45, 7) is 4.42. The van der Waals surface area contributed by atoms with E-state index in [1.165, 1.54) is 7.11 Å². The van der Waals surface area contributed by atoms with Gasteiger partial charge in [-0.05, 0) is 30.7 Å². The normalized spacial score (nSPS) is 9.65. The van der Waals surface area contributed by atoms with E-state index in [-0.39, 0.29) is 11.9 Å². The lowest BCUT2D eigenvalue weighted by Gasteiger charge is -2.06. The predicted octanol–water partition coefficient (Wildman–Crippen LogP) is 1.93. The molecule has 0 heterocycles. The highest BCUT2D eigenvalue weighted by Crippen LogP contribution is 2.12. The van der Waals surface area contributed by atoms with E-state index in [9.17, 15) is 9.59 Å². The highest BCUT2D eigenvalue weighted by molar-refractivity contribution is 5.94. The molecule has 0 atom stereocenters. The van der Waals surface area contributed by atoms with Gasteiger partial charge in [-0.15, -0.1) is 0 Å². The lowest BCUT2D eigenvalue weighted by Crippen LogP contribution is -2.24. The highest BCUT2D eigenvalue weighted by Gasteiger charge is 2.06. The molecule has 0 aliphatic heterocycles. The second-order valence-electron chi connectivity index (χ2n) is 4.06. The average Bonchev–Trinajstić information content (AvgIpc) is 2.49. The van der Waals surface area contributed by atoms with Gasteiger partial charge in [0.25, 0.3) is 5.91 Å². The second kappa shape index (κ2) is 8.74. The van der Waals surface area contributed by atoms with Crippen molar-refractivity contribution in [3.8, 4) is 5.75 Å². The van der Waals surface area contributed by atoms with E-state index in [4.69, 9.17) is 4.74 Å². The van der Waals surface area contributed by atoms with Crippen LogP contribution in [0.3, 0.4) is 0 Å². The number of ether oxygens (including phenoxy) is 2. The van der Waals surface area contributed by atoms with Gasteiger partial charge in [-0.3, -0.25) is 9.59 Å². The number of hydrogen-bond acceptors (Lipinski definition) is 4. The van der Waals surface area contributed by atoms with E-state index >= 15 is 0 Å². The van der Waals surface area contributed by atoms with Crippen LogP contribution >= 0.6 is 0 Å². The molecule has 0 fully saturated rings. The fourth-order valence-electron chi connectivity index (χ4n) is 1.50. The van der Waals surface area contributed by atoms with Gasteiger partial charge >= 0.3 is 5.97 Å². The zero-order valence-electron chi connectivity index (χ0n) is 11.6.